The summed E-state index contributed by atoms with van der Waals surface area (Å²) in [6.45, 7) is -2.27. The van der Waals surface area contributed by atoms with Gasteiger partial charge in [0.1, 0.15) is 5.82 Å². The summed E-state index contributed by atoms with van der Waals surface area (Å²) in [6, 6.07) is 3.69. The molecule has 0 bridgehead atoms. The minimum absolute atomic E-state index is 0.0741. The fourth-order valence-corrected chi connectivity index (χ4v) is 2.76. The molecule has 3 rings (SSSR count). The molecular formula is C13H12BrFN6O5S. The van der Waals surface area contributed by atoms with Gasteiger partial charge in [0.05, 0.1) is 15.9 Å². The monoisotopic (exact) mass is 464 g/mol. The van der Waals surface area contributed by atoms with Crippen LogP contribution in [0.2, 0.25) is 0 Å². The standard InChI is InChI=1S/C13H12BrFN6O5S/c14-8-6-7(2-3-9(8)15)21-12(20-25-13(21)22)10-11(19-26-18-10)17-4-1-5-27(16,23)24/h2-3,6H,1,4-5H2,(H,17,19)(H2,16,23,24)/i4D2. The van der Waals surface area contributed by atoms with Crippen molar-refractivity contribution in [2.45, 2.75) is 6.42 Å². The zero-order valence-corrected chi connectivity index (χ0v) is 15.6. The van der Waals surface area contributed by atoms with E-state index in [0.717, 1.165) is 10.6 Å². The van der Waals surface area contributed by atoms with Gasteiger partial charge in [-0.05, 0) is 50.9 Å². The summed E-state index contributed by atoms with van der Waals surface area (Å²) in [6.07, 6.45) is -0.505. The molecule has 0 spiro atoms. The van der Waals surface area contributed by atoms with E-state index in [9.17, 15) is 17.6 Å². The van der Waals surface area contributed by atoms with Gasteiger partial charge in [-0.15, -0.1) is 0 Å². The Bertz CT molecular complexity index is 1210. The van der Waals surface area contributed by atoms with Crippen LogP contribution in [0.3, 0.4) is 0 Å². The molecule has 0 radical (unpaired) electrons. The summed E-state index contributed by atoms with van der Waals surface area (Å²) in [7, 11) is -3.89. The molecule has 27 heavy (non-hydrogen) atoms. The number of anilines is 1. The summed E-state index contributed by atoms with van der Waals surface area (Å²) < 4.78 is 61.7. The molecule has 11 nitrogen and oxygen atoms in total. The maximum absolute atomic E-state index is 13.5. The van der Waals surface area contributed by atoms with Crippen LogP contribution < -0.4 is 16.2 Å². The molecule has 0 saturated carbocycles. The third-order valence-electron chi connectivity index (χ3n) is 3.18. The van der Waals surface area contributed by atoms with Gasteiger partial charge in [-0.3, -0.25) is 4.52 Å². The van der Waals surface area contributed by atoms with Gasteiger partial charge in [-0.2, -0.15) is 0 Å². The van der Waals surface area contributed by atoms with Gasteiger partial charge in [0, 0.05) is 9.24 Å². The van der Waals surface area contributed by atoms with Crippen molar-refractivity contribution in [3.63, 3.8) is 0 Å². The zero-order valence-electron chi connectivity index (χ0n) is 15.2. The average molecular weight is 465 g/mol. The minimum atomic E-state index is -3.89. The predicted octanol–water partition coefficient (Wildman–Crippen LogP) is 0.868. The van der Waals surface area contributed by atoms with Crippen LogP contribution >= 0.6 is 15.9 Å². The van der Waals surface area contributed by atoms with E-state index >= 15 is 0 Å². The lowest BCUT2D eigenvalue weighted by molar-refractivity contribution is 0.309. The number of nitrogens with two attached hydrogens (primary N) is 1. The molecule has 14 heteroatoms. The molecule has 2 heterocycles. The molecule has 1 aromatic carbocycles. The lowest BCUT2D eigenvalue weighted by atomic mass is 10.3. The van der Waals surface area contributed by atoms with E-state index in [1.165, 1.54) is 12.1 Å². The summed E-state index contributed by atoms with van der Waals surface area (Å²) in [5, 5.41) is 17.9. The number of hydrogen-bond donors (Lipinski definition) is 2. The number of nitrogens with zero attached hydrogens (tertiary/aromatic N) is 4. The summed E-state index contributed by atoms with van der Waals surface area (Å²) in [4.78, 5) is 12.1. The van der Waals surface area contributed by atoms with E-state index < -0.39 is 40.3 Å². The van der Waals surface area contributed by atoms with Crippen LogP contribution in [0.4, 0.5) is 10.2 Å². The number of halogens is 2. The number of sulfonamides is 1. The molecular weight excluding hydrogens is 451 g/mol. The molecule has 3 aromatic rings. The Morgan fingerprint density at radius 1 is 1.37 bits per heavy atom. The Morgan fingerprint density at radius 3 is 2.85 bits per heavy atom. The number of primary sulfonamides is 1. The van der Waals surface area contributed by atoms with Crippen molar-refractivity contribution in [2.24, 2.45) is 5.14 Å². The van der Waals surface area contributed by atoms with Gasteiger partial charge in [0.25, 0.3) is 0 Å². The molecule has 0 aliphatic rings. The van der Waals surface area contributed by atoms with Crippen molar-refractivity contribution < 1.29 is 24.7 Å². The molecule has 0 amide bonds. The van der Waals surface area contributed by atoms with Crippen LogP contribution in [-0.4, -0.2) is 40.7 Å². The number of hydrogen-bond acceptors (Lipinski definition) is 9. The lowest BCUT2D eigenvalue weighted by Crippen LogP contribution is -2.19. The Balaban J connectivity index is 1.98. The molecule has 144 valence electrons. The van der Waals surface area contributed by atoms with Gasteiger partial charge < -0.3 is 5.32 Å². The Kier molecular flexibility index (Phi) is 4.65. The van der Waals surface area contributed by atoms with Crippen LogP contribution in [0.1, 0.15) is 9.16 Å². The summed E-state index contributed by atoms with van der Waals surface area (Å²) in [5.74, 6) is -2.60. The smallest absolute Gasteiger partial charge is 0.365 e. The van der Waals surface area contributed by atoms with Crippen molar-refractivity contribution in [3.8, 4) is 17.2 Å². The fourth-order valence-electron chi connectivity index (χ4n) is 2.01. The topological polar surface area (TPSA) is 159 Å². The second-order valence-electron chi connectivity index (χ2n) is 5.09. The molecule has 0 aliphatic heterocycles. The van der Waals surface area contributed by atoms with Gasteiger partial charge >= 0.3 is 5.76 Å². The first-order valence-electron chi connectivity index (χ1n) is 8.12. The van der Waals surface area contributed by atoms with Crippen molar-refractivity contribution in [3.05, 3.63) is 39.0 Å². The van der Waals surface area contributed by atoms with Crippen molar-refractivity contribution in [1.82, 2.24) is 20.0 Å². The normalized spacial score (nSPS) is 13.3. The molecule has 2 aromatic heterocycles. The van der Waals surface area contributed by atoms with Crippen LogP contribution in [0.25, 0.3) is 17.2 Å². The SMILES string of the molecule is [2H]C([2H])(CCS(N)(=O)=O)Nc1nonc1-c1noc(=O)n1-c1ccc(F)c(Br)c1. The highest BCUT2D eigenvalue weighted by molar-refractivity contribution is 9.10. The molecule has 0 fully saturated rings. The van der Waals surface area contributed by atoms with Gasteiger partial charge in [0.15, 0.2) is 5.69 Å². The van der Waals surface area contributed by atoms with E-state index in [2.05, 4.69) is 45.9 Å². The quantitative estimate of drug-likeness (QED) is 0.516. The zero-order chi connectivity index (χ0) is 21.4. The minimum Gasteiger partial charge on any atom is -0.365 e. The highest BCUT2D eigenvalue weighted by Gasteiger charge is 2.23. The Morgan fingerprint density at radius 2 is 2.15 bits per heavy atom. The largest absolute Gasteiger partial charge is 0.446 e. The lowest BCUT2D eigenvalue weighted by Gasteiger charge is -2.05. The van der Waals surface area contributed by atoms with E-state index in [4.69, 9.17) is 7.88 Å². The van der Waals surface area contributed by atoms with Crippen molar-refractivity contribution in [2.75, 3.05) is 17.6 Å². The van der Waals surface area contributed by atoms with Crippen molar-refractivity contribution >= 4 is 31.8 Å². The van der Waals surface area contributed by atoms with Crippen LogP contribution in [0.5, 0.6) is 0 Å². The maximum Gasteiger partial charge on any atom is 0.446 e. The third kappa shape index (κ3) is 4.40. The molecule has 0 atom stereocenters. The molecule has 3 N–H and O–H groups in total. The predicted molar refractivity (Wildman–Crippen MR) is 94.1 cm³/mol. The molecule has 0 saturated heterocycles. The number of aromatic nitrogens is 4. The van der Waals surface area contributed by atoms with Crippen molar-refractivity contribution in [1.29, 1.82) is 0 Å². The fraction of sp³-hybridized carbons (Fsp3) is 0.231. The van der Waals surface area contributed by atoms with E-state index in [-0.39, 0.29) is 27.5 Å². The molecule has 0 unspecified atom stereocenters. The van der Waals surface area contributed by atoms with Gasteiger partial charge in [-0.25, -0.2) is 31.9 Å². The third-order valence-corrected chi connectivity index (χ3v) is 4.57. The van der Waals surface area contributed by atoms with Crippen LogP contribution in [0, 0.1) is 5.82 Å². The maximum atomic E-state index is 13.5. The number of rotatable bonds is 7. The second kappa shape index (κ2) is 7.58. The first-order chi connectivity index (χ1) is 13.5. The highest BCUT2D eigenvalue weighted by atomic mass is 79.9. The Labute approximate surface area is 162 Å². The highest BCUT2D eigenvalue weighted by Crippen LogP contribution is 2.26. The second-order valence-corrected chi connectivity index (χ2v) is 7.67. The first-order valence-corrected chi connectivity index (χ1v) is 9.63. The van der Waals surface area contributed by atoms with Crippen LogP contribution in [0.15, 0.2) is 36.6 Å². The number of nitrogens with one attached hydrogen (secondary N) is 1. The molecule has 0 aliphatic carbocycles. The summed E-state index contributed by atoms with van der Waals surface area (Å²) >= 11 is 3.01. The first kappa shape index (κ1) is 16.6. The summed E-state index contributed by atoms with van der Waals surface area (Å²) in [5.41, 5.74) is -0.0264. The average Bonchev–Trinajstić information content (AvgIpc) is 3.21. The van der Waals surface area contributed by atoms with Gasteiger partial charge in [0.2, 0.25) is 21.7 Å². The van der Waals surface area contributed by atoms with Gasteiger partial charge in [-0.1, -0.05) is 5.16 Å². The van der Waals surface area contributed by atoms with E-state index in [1.807, 2.05) is 0 Å². The Hall–Kier alpha value is -2.58. The number of benzene rings is 1. The van der Waals surface area contributed by atoms with Crippen LogP contribution in [-0.2, 0) is 10.0 Å². The van der Waals surface area contributed by atoms with E-state index in [0.29, 0.717) is 0 Å². The van der Waals surface area contributed by atoms with E-state index in [1.54, 1.807) is 0 Å².